The van der Waals surface area contributed by atoms with E-state index in [9.17, 15) is 28.8 Å². The molecule has 0 bridgehead atoms. The highest BCUT2D eigenvalue weighted by Gasteiger charge is 2.40. The maximum Gasteiger partial charge on any atom is 0.338 e. The molecule has 7 rings (SSSR count). The number of H-pyrrole nitrogens is 1. The Balaban J connectivity index is 1.18. The van der Waals surface area contributed by atoms with Crippen molar-refractivity contribution in [3.05, 3.63) is 150 Å². The highest BCUT2D eigenvalue weighted by atomic mass is 16.6. The molecular weight excluding hydrogens is 666 g/mol. The van der Waals surface area contributed by atoms with Crippen LogP contribution >= 0.6 is 0 Å². The highest BCUT2D eigenvalue weighted by Crippen LogP contribution is 2.33. The molecule has 1 fully saturated rings. The van der Waals surface area contributed by atoms with Gasteiger partial charge in [0.1, 0.15) is 30.6 Å². The molecule has 0 aliphatic carbocycles. The van der Waals surface area contributed by atoms with Gasteiger partial charge in [-0.1, -0.05) is 59.4 Å². The van der Waals surface area contributed by atoms with Gasteiger partial charge in [0.2, 0.25) is 0 Å². The van der Waals surface area contributed by atoms with Crippen LogP contribution in [0.25, 0.3) is 10.8 Å². The Morgan fingerprint density at radius 2 is 1.42 bits per heavy atom. The maximum atomic E-state index is 13.1. The molecule has 1 saturated heterocycles. The predicted octanol–water partition coefficient (Wildman–Crippen LogP) is 4.30. The molecule has 1 aromatic heterocycles. The van der Waals surface area contributed by atoms with Gasteiger partial charge in [-0.05, 0) is 61.7 Å². The van der Waals surface area contributed by atoms with Crippen molar-refractivity contribution in [1.82, 2.24) is 14.5 Å². The second-order valence-corrected chi connectivity index (χ2v) is 12.7. The molecule has 0 unspecified atom stereocenters. The Kier molecular flexibility index (Phi) is 8.88. The number of benzene rings is 4. The molecule has 2 amide bonds. The summed E-state index contributed by atoms with van der Waals surface area (Å²) < 4.78 is 18.7. The summed E-state index contributed by atoms with van der Waals surface area (Å²) in [6.45, 7) is 3.50. The topological polar surface area (TPSA) is 154 Å². The molecule has 52 heavy (non-hydrogen) atoms. The van der Waals surface area contributed by atoms with Crippen molar-refractivity contribution in [2.24, 2.45) is 0 Å². The number of imide groups is 1. The number of nitrogens with one attached hydrogen (secondary N) is 1. The molecule has 260 valence electrons. The van der Waals surface area contributed by atoms with E-state index in [1.807, 2.05) is 13.8 Å². The minimum absolute atomic E-state index is 0.00541. The molecule has 12 nitrogen and oxygen atoms in total. The molecule has 0 saturated carbocycles. The van der Waals surface area contributed by atoms with E-state index >= 15 is 0 Å². The summed E-state index contributed by atoms with van der Waals surface area (Å²) in [6, 6.07) is 21.9. The number of aromatic amines is 1. The summed E-state index contributed by atoms with van der Waals surface area (Å²) in [4.78, 5) is 81.0. The lowest BCUT2D eigenvalue weighted by molar-refractivity contribution is -0.0582. The standard InChI is InChI=1S/C40H31N3O9/c1-22-7-11-25(12-8-22)38(47)50-21-32-31(52-39(48)26-13-9-23(2)10-14-26)19-33(51-32)43-20-27(35(44)41-40(43)49)16-15-24-17-18-30-34-28(24)5-4-6-29(34)36(45)42(3)37(30)46/h4-14,17-18,20,31-33H,19,21H2,1-3H3,(H,41,44,49)/t31-,32+,33+/m0/s1. The molecule has 4 aromatic carbocycles. The van der Waals surface area contributed by atoms with Gasteiger partial charge < -0.3 is 14.2 Å². The van der Waals surface area contributed by atoms with E-state index in [1.165, 1.54) is 13.2 Å². The second kappa shape index (κ2) is 13.6. The van der Waals surface area contributed by atoms with Crippen LogP contribution < -0.4 is 11.2 Å². The molecule has 2 aliphatic heterocycles. The summed E-state index contributed by atoms with van der Waals surface area (Å²) in [6.07, 6.45) is -1.66. The summed E-state index contributed by atoms with van der Waals surface area (Å²) in [5.74, 6) is 3.68. The van der Waals surface area contributed by atoms with Crippen LogP contribution in [0.15, 0.2) is 94.6 Å². The fourth-order valence-electron chi connectivity index (χ4n) is 6.22. The number of hydrogen-bond acceptors (Lipinski definition) is 9. The van der Waals surface area contributed by atoms with E-state index in [4.69, 9.17) is 14.2 Å². The summed E-state index contributed by atoms with van der Waals surface area (Å²) in [5, 5.41) is 1.03. The minimum Gasteiger partial charge on any atom is -0.459 e. The minimum atomic E-state index is -1.03. The molecule has 3 heterocycles. The van der Waals surface area contributed by atoms with Gasteiger partial charge in [-0.25, -0.2) is 14.4 Å². The number of aryl methyl sites for hydroxylation is 2. The summed E-state index contributed by atoms with van der Waals surface area (Å²) >= 11 is 0. The predicted molar refractivity (Wildman–Crippen MR) is 188 cm³/mol. The van der Waals surface area contributed by atoms with Crippen LogP contribution in [0.3, 0.4) is 0 Å². The summed E-state index contributed by atoms with van der Waals surface area (Å²) in [5.41, 5.74) is 2.14. The first-order valence-electron chi connectivity index (χ1n) is 16.4. The first-order valence-corrected chi connectivity index (χ1v) is 16.4. The number of aromatic nitrogens is 2. The number of hydrogen-bond donors (Lipinski definition) is 1. The SMILES string of the molecule is Cc1ccc(C(=O)OC[C@H]2O[C@@H](n3cc(C#Cc4ccc5c6c(cccc46)C(=O)N(C)C5=O)c(=O)[nH]c3=O)C[C@@H]2OC(=O)c2ccc(C)cc2)cc1. The zero-order valence-electron chi connectivity index (χ0n) is 28.3. The van der Waals surface area contributed by atoms with Crippen molar-refractivity contribution in [3.8, 4) is 11.8 Å². The average molecular weight is 698 g/mol. The largest absolute Gasteiger partial charge is 0.459 e. The lowest BCUT2D eigenvalue weighted by Crippen LogP contribution is -2.36. The van der Waals surface area contributed by atoms with Crippen molar-refractivity contribution in [3.63, 3.8) is 0 Å². The van der Waals surface area contributed by atoms with Crippen molar-refractivity contribution in [2.45, 2.75) is 38.7 Å². The molecule has 2 aliphatic rings. The van der Waals surface area contributed by atoms with Gasteiger partial charge in [0.05, 0.1) is 11.1 Å². The van der Waals surface area contributed by atoms with E-state index in [0.29, 0.717) is 38.6 Å². The average Bonchev–Trinajstić information content (AvgIpc) is 3.53. The monoisotopic (exact) mass is 697 g/mol. The van der Waals surface area contributed by atoms with Gasteiger partial charge in [0.25, 0.3) is 17.4 Å². The Hall–Kier alpha value is -6.58. The van der Waals surface area contributed by atoms with Gasteiger partial charge in [0.15, 0.2) is 0 Å². The number of nitrogens with zero attached hydrogens (tertiary/aromatic N) is 2. The smallest absolute Gasteiger partial charge is 0.338 e. The molecule has 0 spiro atoms. The van der Waals surface area contributed by atoms with Crippen molar-refractivity contribution in [1.29, 1.82) is 0 Å². The van der Waals surface area contributed by atoms with Crippen LogP contribution in [0.5, 0.6) is 0 Å². The zero-order valence-corrected chi connectivity index (χ0v) is 28.3. The van der Waals surface area contributed by atoms with E-state index in [-0.39, 0.29) is 18.6 Å². The fourth-order valence-corrected chi connectivity index (χ4v) is 6.22. The number of esters is 2. The van der Waals surface area contributed by atoms with Crippen LogP contribution in [-0.4, -0.2) is 64.1 Å². The van der Waals surface area contributed by atoms with E-state index in [2.05, 4.69) is 16.8 Å². The Morgan fingerprint density at radius 3 is 2.10 bits per heavy atom. The van der Waals surface area contributed by atoms with Gasteiger partial charge in [0, 0.05) is 41.7 Å². The molecule has 0 radical (unpaired) electrons. The zero-order chi connectivity index (χ0) is 36.7. The molecule has 12 heteroatoms. The number of carbonyl (C=O) groups is 4. The lowest BCUT2D eigenvalue weighted by atomic mass is 9.91. The number of amides is 2. The normalized spacial score (nSPS) is 17.8. The third kappa shape index (κ3) is 6.41. The van der Waals surface area contributed by atoms with Gasteiger partial charge >= 0.3 is 17.6 Å². The van der Waals surface area contributed by atoms with Crippen LogP contribution in [-0.2, 0) is 14.2 Å². The third-order valence-electron chi connectivity index (χ3n) is 9.11. The number of ether oxygens (including phenoxy) is 3. The third-order valence-corrected chi connectivity index (χ3v) is 9.11. The summed E-state index contributed by atoms with van der Waals surface area (Å²) in [7, 11) is 1.42. The molecular formula is C40H31N3O9. The van der Waals surface area contributed by atoms with E-state index in [0.717, 1.165) is 20.6 Å². The second-order valence-electron chi connectivity index (χ2n) is 12.7. The van der Waals surface area contributed by atoms with Crippen LogP contribution in [0.2, 0.25) is 0 Å². The van der Waals surface area contributed by atoms with Crippen LogP contribution in [0, 0.1) is 25.7 Å². The lowest BCUT2D eigenvalue weighted by Gasteiger charge is -2.23. The van der Waals surface area contributed by atoms with Gasteiger partial charge in [-0.3, -0.25) is 28.8 Å². The van der Waals surface area contributed by atoms with Crippen molar-refractivity contribution >= 4 is 34.5 Å². The highest BCUT2D eigenvalue weighted by molar-refractivity contribution is 6.25. The molecule has 1 N–H and O–H groups in total. The Bertz CT molecular complexity index is 2450. The molecule has 5 aromatic rings. The Morgan fingerprint density at radius 1 is 0.808 bits per heavy atom. The van der Waals surface area contributed by atoms with Crippen LogP contribution in [0.4, 0.5) is 0 Å². The Labute approximate surface area is 296 Å². The number of carbonyl (C=O) groups excluding carboxylic acids is 4. The van der Waals surface area contributed by atoms with E-state index < -0.39 is 53.4 Å². The molecule has 3 atom stereocenters. The maximum absolute atomic E-state index is 13.1. The van der Waals surface area contributed by atoms with Gasteiger partial charge in [-0.2, -0.15) is 0 Å². The number of rotatable bonds is 6. The van der Waals surface area contributed by atoms with E-state index in [1.54, 1.807) is 78.9 Å². The fraction of sp³-hybridized carbons (Fsp3) is 0.200. The van der Waals surface area contributed by atoms with Crippen molar-refractivity contribution in [2.75, 3.05) is 13.7 Å². The first kappa shape index (κ1) is 33.9. The first-order chi connectivity index (χ1) is 25.0. The van der Waals surface area contributed by atoms with Crippen molar-refractivity contribution < 1.29 is 33.4 Å². The quantitative estimate of drug-likeness (QED) is 0.155. The van der Waals surface area contributed by atoms with Gasteiger partial charge in [-0.15, -0.1) is 0 Å². The van der Waals surface area contributed by atoms with Crippen LogP contribution in [0.1, 0.15) is 76.3 Å².